The van der Waals surface area contributed by atoms with Crippen molar-refractivity contribution in [1.82, 2.24) is 24.6 Å². The number of rotatable bonds is 8. The number of carbonyl (C=O) groups excluding carboxylic acids is 1. The largest absolute Gasteiger partial charge is 0.484 e. The van der Waals surface area contributed by atoms with Gasteiger partial charge in [-0.1, -0.05) is 11.6 Å². The van der Waals surface area contributed by atoms with E-state index in [4.69, 9.17) is 16.3 Å². The molecular weight excluding hydrogens is 394 g/mol. The molecule has 0 spiro atoms. The topological polar surface area (TPSA) is 91.0 Å². The van der Waals surface area contributed by atoms with Crippen molar-refractivity contribution < 1.29 is 9.53 Å². The van der Waals surface area contributed by atoms with Crippen molar-refractivity contribution in [2.45, 2.75) is 25.4 Å². The third kappa shape index (κ3) is 4.65. The standard InChI is InChI=1S/C20H20ClN5O3/c21-15-3-7-17(8-4-15)29-13-18(27)23-10-11-25-20(28)26(16-5-6-16)19(24-25)14-2-1-9-22-12-14/h1-4,7-9,12,16H,5-6,10-11,13H2,(H,23,27). The van der Waals surface area contributed by atoms with Gasteiger partial charge in [-0.15, -0.1) is 5.10 Å². The zero-order valence-electron chi connectivity index (χ0n) is 15.6. The molecule has 1 aliphatic rings. The van der Waals surface area contributed by atoms with E-state index >= 15 is 0 Å². The number of pyridine rings is 1. The smallest absolute Gasteiger partial charge is 0.346 e. The molecule has 1 fully saturated rings. The highest BCUT2D eigenvalue weighted by Gasteiger charge is 2.30. The van der Waals surface area contributed by atoms with E-state index in [0.717, 1.165) is 18.4 Å². The molecule has 2 heterocycles. The van der Waals surface area contributed by atoms with Crippen molar-refractivity contribution >= 4 is 17.5 Å². The summed E-state index contributed by atoms with van der Waals surface area (Å²) in [5.74, 6) is 0.898. The number of aromatic nitrogens is 4. The van der Waals surface area contributed by atoms with Gasteiger partial charge in [-0.05, 0) is 49.2 Å². The van der Waals surface area contributed by atoms with Gasteiger partial charge in [0.15, 0.2) is 12.4 Å². The number of halogens is 1. The fraction of sp³-hybridized carbons (Fsp3) is 0.300. The van der Waals surface area contributed by atoms with Crippen LogP contribution in [0.2, 0.25) is 5.02 Å². The van der Waals surface area contributed by atoms with Crippen LogP contribution in [0.3, 0.4) is 0 Å². The van der Waals surface area contributed by atoms with Gasteiger partial charge in [-0.25, -0.2) is 9.48 Å². The lowest BCUT2D eigenvalue weighted by atomic mass is 10.3. The first-order valence-corrected chi connectivity index (χ1v) is 9.74. The van der Waals surface area contributed by atoms with Crippen LogP contribution >= 0.6 is 11.6 Å². The Morgan fingerprint density at radius 3 is 2.72 bits per heavy atom. The first-order valence-electron chi connectivity index (χ1n) is 9.36. The molecule has 150 valence electrons. The number of nitrogens with zero attached hydrogens (tertiary/aromatic N) is 4. The first-order chi connectivity index (χ1) is 14.1. The van der Waals surface area contributed by atoms with Crippen molar-refractivity contribution in [1.29, 1.82) is 0 Å². The van der Waals surface area contributed by atoms with Crippen LogP contribution in [0.1, 0.15) is 18.9 Å². The summed E-state index contributed by atoms with van der Waals surface area (Å²) in [4.78, 5) is 28.9. The van der Waals surface area contributed by atoms with Crippen LogP contribution in [0.15, 0.2) is 53.6 Å². The van der Waals surface area contributed by atoms with Crippen molar-refractivity contribution in [3.05, 3.63) is 64.3 Å². The molecule has 3 aromatic rings. The van der Waals surface area contributed by atoms with Gasteiger partial charge in [0.2, 0.25) is 0 Å². The second-order valence-corrected chi connectivity index (χ2v) is 7.20. The SMILES string of the molecule is O=C(COc1ccc(Cl)cc1)NCCn1nc(-c2cccnc2)n(C2CC2)c1=O. The maximum absolute atomic E-state index is 12.8. The molecule has 0 radical (unpaired) electrons. The van der Waals surface area contributed by atoms with Crippen LogP contribution < -0.4 is 15.7 Å². The van der Waals surface area contributed by atoms with Crippen LogP contribution in [0.4, 0.5) is 0 Å². The Bertz CT molecular complexity index is 1040. The molecule has 0 atom stereocenters. The Balaban J connectivity index is 1.35. The monoisotopic (exact) mass is 413 g/mol. The number of hydrogen-bond donors (Lipinski definition) is 1. The number of benzene rings is 1. The summed E-state index contributed by atoms with van der Waals surface area (Å²) < 4.78 is 8.52. The minimum atomic E-state index is -0.276. The molecule has 0 aliphatic heterocycles. The van der Waals surface area contributed by atoms with Gasteiger partial charge in [0.05, 0.1) is 6.54 Å². The molecule has 29 heavy (non-hydrogen) atoms. The van der Waals surface area contributed by atoms with Gasteiger partial charge in [-0.3, -0.25) is 14.3 Å². The predicted octanol–water partition coefficient (Wildman–Crippen LogP) is 2.29. The third-order valence-corrected chi connectivity index (χ3v) is 4.78. The number of ether oxygens (including phenoxy) is 1. The molecule has 0 bridgehead atoms. The molecule has 0 unspecified atom stereocenters. The molecule has 9 heteroatoms. The molecule has 4 rings (SSSR count). The summed E-state index contributed by atoms with van der Waals surface area (Å²) in [6.45, 7) is 0.434. The molecule has 1 amide bonds. The Hall–Kier alpha value is -3.13. The maximum Gasteiger partial charge on any atom is 0.346 e. The van der Waals surface area contributed by atoms with E-state index in [2.05, 4.69) is 15.4 Å². The summed E-state index contributed by atoms with van der Waals surface area (Å²) in [7, 11) is 0. The fourth-order valence-corrected chi connectivity index (χ4v) is 3.08. The van der Waals surface area contributed by atoms with Crippen molar-refractivity contribution in [3.63, 3.8) is 0 Å². The van der Waals surface area contributed by atoms with Gasteiger partial charge >= 0.3 is 5.69 Å². The van der Waals surface area contributed by atoms with Crippen LogP contribution in [0.5, 0.6) is 5.75 Å². The van der Waals surface area contributed by atoms with Crippen LogP contribution in [0, 0.1) is 0 Å². The van der Waals surface area contributed by atoms with E-state index in [-0.39, 0.29) is 37.3 Å². The van der Waals surface area contributed by atoms with Gasteiger partial charge < -0.3 is 10.1 Å². The third-order valence-electron chi connectivity index (χ3n) is 4.53. The highest BCUT2D eigenvalue weighted by molar-refractivity contribution is 6.30. The zero-order chi connectivity index (χ0) is 20.2. The van der Waals surface area contributed by atoms with Crippen molar-refractivity contribution in [3.8, 4) is 17.1 Å². The molecule has 2 aromatic heterocycles. The molecule has 8 nitrogen and oxygen atoms in total. The molecule has 1 N–H and O–H groups in total. The number of nitrogens with one attached hydrogen (secondary N) is 1. The lowest BCUT2D eigenvalue weighted by molar-refractivity contribution is -0.123. The average Bonchev–Trinajstić information content (AvgIpc) is 3.52. The van der Waals surface area contributed by atoms with Gasteiger partial charge in [0.1, 0.15) is 5.75 Å². The highest BCUT2D eigenvalue weighted by atomic mass is 35.5. The van der Waals surface area contributed by atoms with Crippen LogP contribution in [0.25, 0.3) is 11.4 Å². The van der Waals surface area contributed by atoms with E-state index in [1.165, 1.54) is 4.68 Å². The Morgan fingerprint density at radius 2 is 2.03 bits per heavy atom. The predicted molar refractivity (Wildman–Crippen MR) is 108 cm³/mol. The Kier molecular flexibility index (Phi) is 5.62. The fourth-order valence-electron chi connectivity index (χ4n) is 2.95. The number of amides is 1. The maximum atomic E-state index is 12.8. The minimum absolute atomic E-state index is 0.117. The van der Waals surface area contributed by atoms with E-state index in [9.17, 15) is 9.59 Å². The Morgan fingerprint density at radius 1 is 1.24 bits per heavy atom. The number of carbonyl (C=O) groups is 1. The number of hydrogen-bond acceptors (Lipinski definition) is 5. The van der Waals surface area contributed by atoms with Gasteiger partial charge in [-0.2, -0.15) is 0 Å². The summed E-state index contributed by atoms with van der Waals surface area (Å²) in [6, 6.07) is 10.7. The summed E-state index contributed by atoms with van der Waals surface area (Å²) in [6.07, 6.45) is 5.32. The molecular formula is C20H20ClN5O3. The second kappa shape index (κ2) is 8.48. The van der Waals surface area contributed by atoms with Crippen LogP contribution in [-0.4, -0.2) is 38.4 Å². The van der Waals surface area contributed by atoms with E-state index < -0.39 is 0 Å². The normalized spacial score (nSPS) is 13.3. The quantitative estimate of drug-likeness (QED) is 0.611. The second-order valence-electron chi connectivity index (χ2n) is 6.76. The Labute approximate surface area is 172 Å². The molecule has 1 saturated carbocycles. The van der Waals surface area contributed by atoms with E-state index in [1.54, 1.807) is 41.2 Å². The van der Waals surface area contributed by atoms with E-state index in [1.807, 2.05) is 12.1 Å². The molecule has 1 aliphatic carbocycles. The van der Waals surface area contributed by atoms with Crippen molar-refractivity contribution in [2.24, 2.45) is 0 Å². The average molecular weight is 414 g/mol. The summed E-state index contributed by atoms with van der Waals surface area (Å²) in [5, 5.41) is 7.81. The lowest BCUT2D eigenvalue weighted by Gasteiger charge is -2.07. The lowest BCUT2D eigenvalue weighted by Crippen LogP contribution is -2.34. The van der Waals surface area contributed by atoms with Crippen LogP contribution in [-0.2, 0) is 11.3 Å². The first kappa shape index (κ1) is 19.2. The summed E-state index contributed by atoms with van der Waals surface area (Å²) in [5.41, 5.74) is 0.633. The summed E-state index contributed by atoms with van der Waals surface area (Å²) >= 11 is 5.82. The highest BCUT2D eigenvalue weighted by Crippen LogP contribution is 2.36. The van der Waals surface area contributed by atoms with Crippen molar-refractivity contribution in [2.75, 3.05) is 13.2 Å². The molecule has 1 aromatic carbocycles. The van der Waals surface area contributed by atoms with Gasteiger partial charge in [0, 0.05) is 35.6 Å². The van der Waals surface area contributed by atoms with Gasteiger partial charge in [0.25, 0.3) is 5.91 Å². The zero-order valence-corrected chi connectivity index (χ0v) is 16.4. The minimum Gasteiger partial charge on any atom is -0.484 e. The van der Waals surface area contributed by atoms with E-state index in [0.29, 0.717) is 16.6 Å². The molecule has 0 saturated heterocycles.